The topological polar surface area (TPSA) is 143 Å². The minimum absolute atomic E-state index is 0.132. The van der Waals surface area contributed by atoms with Crippen LogP contribution in [0.2, 0.25) is 0 Å². The number of carbonyl (C=O) groups is 2. The molecule has 0 spiro atoms. The summed E-state index contributed by atoms with van der Waals surface area (Å²) in [6, 6.07) is 0. The molecule has 4 N–H and O–H groups in total. The molecule has 0 bridgehead atoms. The normalized spacial score (nSPS) is 24.9. The summed E-state index contributed by atoms with van der Waals surface area (Å²) in [7, 11) is 0. The van der Waals surface area contributed by atoms with E-state index in [-0.39, 0.29) is 25.4 Å². The average Bonchev–Trinajstić information content (AvgIpc) is 2.78. The summed E-state index contributed by atoms with van der Waals surface area (Å²) in [4.78, 5) is 22.7. The maximum absolute atomic E-state index is 11.9. The first-order valence-corrected chi connectivity index (χ1v) is 12.2. The maximum atomic E-state index is 11.9. The molecular formula is C25H42O9. The first kappa shape index (κ1) is 30.3. The van der Waals surface area contributed by atoms with E-state index in [2.05, 4.69) is 6.92 Å². The summed E-state index contributed by atoms with van der Waals surface area (Å²) >= 11 is 0. The van der Waals surface area contributed by atoms with Gasteiger partial charge < -0.3 is 34.6 Å². The smallest absolute Gasteiger partial charge is 0.306 e. The van der Waals surface area contributed by atoms with Gasteiger partial charge in [0.05, 0.1) is 24.9 Å². The van der Waals surface area contributed by atoms with E-state index in [4.69, 9.17) is 14.2 Å². The molecule has 1 aliphatic rings. The van der Waals surface area contributed by atoms with Gasteiger partial charge in [-0.3, -0.25) is 9.59 Å². The Morgan fingerprint density at radius 1 is 1.18 bits per heavy atom. The molecule has 0 saturated carbocycles. The van der Waals surface area contributed by atoms with Crippen LogP contribution in [0.1, 0.15) is 71.6 Å². The SMILES string of the molecule is CCCCC[C@H](O)/C=C/[C@H]1OC(O)C[C@H](O)[C@@H]1C/C=C\CCCC(=O)O[C@@H](CO)COC(C)=O. The van der Waals surface area contributed by atoms with E-state index < -0.39 is 49.3 Å². The minimum atomic E-state index is -1.04. The van der Waals surface area contributed by atoms with Gasteiger partial charge >= 0.3 is 11.9 Å². The van der Waals surface area contributed by atoms with Gasteiger partial charge in [-0.05, 0) is 25.7 Å². The molecule has 1 heterocycles. The number of carbonyl (C=O) groups excluding carboxylic acids is 2. The summed E-state index contributed by atoms with van der Waals surface area (Å²) < 4.78 is 15.4. The van der Waals surface area contributed by atoms with Crippen LogP contribution in [0.4, 0.5) is 0 Å². The second-order valence-electron chi connectivity index (χ2n) is 8.67. The molecule has 1 fully saturated rings. The zero-order chi connectivity index (χ0) is 25.3. The van der Waals surface area contributed by atoms with Gasteiger partial charge in [-0.15, -0.1) is 0 Å². The number of aliphatic hydroxyl groups is 4. The predicted octanol–water partition coefficient (Wildman–Crippen LogP) is 2.15. The first-order chi connectivity index (χ1) is 16.3. The van der Waals surface area contributed by atoms with E-state index in [1.165, 1.54) is 6.92 Å². The average molecular weight is 487 g/mol. The van der Waals surface area contributed by atoms with Gasteiger partial charge in [-0.1, -0.05) is 50.5 Å². The molecule has 6 atom stereocenters. The number of unbranched alkanes of at least 4 members (excludes halogenated alkanes) is 3. The zero-order valence-corrected chi connectivity index (χ0v) is 20.4. The van der Waals surface area contributed by atoms with Gasteiger partial charge in [0.2, 0.25) is 0 Å². The van der Waals surface area contributed by atoms with E-state index in [0.717, 1.165) is 19.3 Å². The fourth-order valence-corrected chi connectivity index (χ4v) is 3.67. The lowest BCUT2D eigenvalue weighted by Gasteiger charge is -2.36. The highest BCUT2D eigenvalue weighted by atomic mass is 16.6. The van der Waals surface area contributed by atoms with Crippen molar-refractivity contribution in [2.75, 3.05) is 13.2 Å². The predicted molar refractivity (Wildman–Crippen MR) is 125 cm³/mol. The van der Waals surface area contributed by atoms with Gasteiger partial charge in [0.25, 0.3) is 0 Å². The summed E-state index contributed by atoms with van der Waals surface area (Å²) in [5, 5.41) is 39.6. The number of allylic oxidation sites excluding steroid dienone is 2. The van der Waals surface area contributed by atoms with Crippen molar-refractivity contribution in [3.63, 3.8) is 0 Å². The van der Waals surface area contributed by atoms with Crippen molar-refractivity contribution in [2.24, 2.45) is 5.92 Å². The zero-order valence-electron chi connectivity index (χ0n) is 20.4. The summed E-state index contributed by atoms with van der Waals surface area (Å²) in [5.74, 6) is -1.24. The maximum Gasteiger partial charge on any atom is 0.306 e. The Morgan fingerprint density at radius 3 is 2.62 bits per heavy atom. The standard InChI is InChI=1S/C25H42O9/c1-3-4-7-10-19(28)13-14-23-21(22(29)15-25(31)34-23)11-8-5-6-9-12-24(30)33-20(16-26)17-32-18(2)27/h5,8,13-14,19-23,25-26,28-29,31H,3-4,6-7,9-12,15-17H2,1-2H3/b8-5-,14-13+/t19-,20-,21-,22-,23+,25?/m0/s1. The molecule has 0 radical (unpaired) electrons. The molecule has 0 aliphatic carbocycles. The molecule has 0 amide bonds. The van der Waals surface area contributed by atoms with Crippen molar-refractivity contribution >= 4 is 11.9 Å². The minimum Gasteiger partial charge on any atom is -0.462 e. The van der Waals surface area contributed by atoms with Gasteiger partial charge in [0.1, 0.15) is 6.61 Å². The summed E-state index contributed by atoms with van der Waals surface area (Å²) in [5.41, 5.74) is 0. The Kier molecular flexibility index (Phi) is 15.7. The Balaban J connectivity index is 2.43. The molecule has 1 unspecified atom stereocenters. The second kappa shape index (κ2) is 17.6. The monoisotopic (exact) mass is 486 g/mol. The molecule has 1 saturated heterocycles. The number of hydrogen-bond donors (Lipinski definition) is 4. The van der Waals surface area contributed by atoms with Crippen molar-refractivity contribution < 1.29 is 44.2 Å². The van der Waals surface area contributed by atoms with E-state index in [9.17, 15) is 30.0 Å². The largest absolute Gasteiger partial charge is 0.462 e. The molecule has 0 aromatic heterocycles. The third kappa shape index (κ3) is 13.2. The number of rotatable bonds is 16. The lowest BCUT2D eigenvalue weighted by atomic mass is 9.87. The highest BCUT2D eigenvalue weighted by molar-refractivity contribution is 5.69. The van der Waals surface area contributed by atoms with E-state index in [1.807, 2.05) is 12.2 Å². The fraction of sp³-hybridized carbons (Fsp3) is 0.760. The number of aliphatic hydroxyl groups excluding tert-OH is 4. The van der Waals surface area contributed by atoms with Crippen LogP contribution in [-0.2, 0) is 23.8 Å². The molecule has 0 aromatic carbocycles. The Labute approximate surface area is 202 Å². The van der Waals surface area contributed by atoms with Crippen LogP contribution in [0.25, 0.3) is 0 Å². The van der Waals surface area contributed by atoms with Crippen molar-refractivity contribution in [1.29, 1.82) is 0 Å². The van der Waals surface area contributed by atoms with Crippen molar-refractivity contribution in [3.05, 3.63) is 24.3 Å². The molecule has 34 heavy (non-hydrogen) atoms. The van der Waals surface area contributed by atoms with Gasteiger partial charge in [-0.2, -0.15) is 0 Å². The molecule has 1 aliphatic heterocycles. The molecule has 9 nitrogen and oxygen atoms in total. The lowest BCUT2D eigenvalue weighted by molar-refractivity contribution is -0.199. The summed E-state index contributed by atoms with van der Waals surface area (Å²) in [6.45, 7) is 2.74. The number of esters is 2. The van der Waals surface area contributed by atoms with Crippen molar-refractivity contribution in [2.45, 2.75) is 102 Å². The molecule has 9 heteroatoms. The Bertz CT molecular complexity index is 634. The second-order valence-corrected chi connectivity index (χ2v) is 8.67. The number of hydrogen-bond acceptors (Lipinski definition) is 9. The van der Waals surface area contributed by atoms with Crippen LogP contribution in [0, 0.1) is 5.92 Å². The van der Waals surface area contributed by atoms with E-state index in [0.29, 0.717) is 25.7 Å². The third-order valence-corrected chi connectivity index (χ3v) is 5.60. The Hall–Kier alpha value is -1.78. The third-order valence-electron chi connectivity index (χ3n) is 5.60. The fourth-order valence-electron chi connectivity index (χ4n) is 3.67. The van der Waals surface area contributed by atoms with Crippen molar-refractivity contribution in [1.82, 2.24) is 0 Å². The van der Waals surface area contributed by atoms with Crippen LogP contribution in [0.5, 0.6) is 0 Å². The first-order valence-electron chi connectivity index (χ1n) is 12.2. The van der Waals surface area contributed by atoms with Crippen LogP contribution in [0.3, 0.4) is 0 Å². The van der Waals surface area contributed by atoms with Gasteiger partial charge in [-0.25, -0.2) is 0 Å². The highest BCUT2D eigenvalue weighted by Gasteiger charge is 2.35. The Morgan fingerprint density at radius 2 is 1.94 bits per heavy atom. The van der Waals surface area contributed by atoms with Gasteiger partial charge in [0.15, 0.2) is 12.4 Å². The van der Waals surface area contributed by atoms with Crippen molar-refractivity contribution in [3.8, 4) is 0 Å². The summed E-state index contributed by atoms with van der Waals surface area (Å²) in [6.07, 6.45) is 9.19. The quantitative estimate of drug-likeness (QED) is 0.147. The van der Waals surface area contributed by atoms with E-state index in [1.54, 1.807) is 12.2 Å². The lowest BCUT2D eigenvalue weighted by Crippen LogP contribution is -2.43. The number of ether oxygens (including phenoxy) is 3. The van der Waals surface area contributed by atoms with Crippen LogP contribution in [-0.4, -0.2) is 76.3 Å². The van der Waals surface area contributed by atoms with Gasteiger partial charge in [0, 0.05) is 25.7 Å². The van der Waals surface area contributed by atoms with Crippen LogP contribution >= 0.6 is 0 Å². The molecule has 0 aromatic rings. The van der Waals surface area contributed by atoms with E-state index >= 15 is 0 Å². The molecule has 196 valence electrons. The van der Waals surface area contributed by atoms with Crippen LogP contribution < -0.4 is 0 Å². The molecule has 1 rings (SSSR count). The van der Waals surface area contributed by atoms with Crippen LogP contribution in [0.15, 0.2) is 24.3 Å². The highest BCUT2D eigenvalue weighted by Crippen LogP contribution is 2.29. The molecular weight excluding hydrogens is 444 g/mol.